The van der Waals surface area contributed by atoms with Gasteiger partial charge in [0.1, 0.15) is 16.5 Å². The lowest BCUT2D eigenvalue weighted by molar-refractivity contribution is -0.133. The first-order valence-corrected chi connectivity index (χ1v) is 14.3. The molecular weight excluding hydrogens is 452 g/mol. The average Bonchev–Trinajstić information content (AvgIpc) is 3.09. The monoisotopic (exact) mass is 490 g/mol. The number of carbonyl (C=O) groups is 1. The van der Waals surface area contributed by atoms with Crippen LogP contribution in [0.4, 0.5) is 5.82 Å². The van der Waals surface area contributed by atoms with Crippen LogP contribution >= 0.6 is 11.3 Å². The van der Waals surface area contributed by atoms with Crippen molar-refractivity contribution in [1.82, 2.24) is 14.9 Å². The molecule has 0 saturated carbocycles. The van der Waals surface area contributed by atoms with Gasteiger partial charge in [-0.3, -0.25) is 4.79 Å². The fourth-order valence-electron chi connectivity index (χ4n) is 5.56. The Kier molecular flexibility index (Phi) is 7.37. The number of thiophene rings is 1. The van der Waals surface area contributed by atoms with Gasteiger partial charge in [-0.15, -0.1) is 11.3 Å². The number of amides is 1. The molecule has 0 radical (unpaired) electrons. The predicted molar refractivity (Wildman–Crippen MR) is 146 cm³/mol. The normalized spacial score (nSPS) is 18.3. The maximum absolute atomic E-state index is 13.4. The Labute approximate surface area is 213 Å². The van der Waals surface area contributed by atoms with E-state index in [0.29, 0.717) is 5.92 Å². The molecule has 2 aliphatic rings. The largest absolute Gasteiger partial charge is 0.352 e. The second-order valence-electron chi connectivity index (χ2n) is 10.1. The van der Waals surface area contributed by atoms with Crippen LogP contribution in [0.5, 0.6) is 0 Å². The van der Waals surface area contributed by atoms with Crippen molar-refractivity contribution in [2.75, 3.05) is 31.1 Å². The Morgan fingerprint density at radius 2 is 1.71 bits per heavy atom. The van der Waals surface area contributed by atoms with E-state index in [2.05, 4.69) is 42.7 Å². The zero-order chi connectivity index (χ0) is 24.4. The Morgan fingerprint density at radius 3 is 2.43 bits per heavy atom. The van der Waals surface area contributed by atoms with Crippen molar-refractivity contribution in [3.63, 3.8) is 0 Å². The average molecular weight is 491 g/mol. The van der Waals surface area contributed by atoms with Gasteiger partial charge < -0.3 is 9.80 Å². The summed E-state index contributed by atoms with van der Waals surface area (Å²) in [6, 6.07) is 10.2. The molecule has 186 valence electrons. The molecule has 0 unspecified atom stereocenters. The van der Waals surface area contributed by atoms with Crippen molar-refractivity contribution < 1.29 is 4.79 Å². The minimum Gasteiger partial charge on any atom is -0.352 e. The van der Waals surface area contributed by atoms with Crippen LogP contribution in [0.15, 0.2) is 30.3 Å². The summed E-state index contributed by atoms with van der Waals surface area (Å²) in [6.45, 7) is 9.71. The van der Waals surface area contributed by atoms with E-state index in [4.69, 9.17) is 9.97 Å². The molecule has 0 N–H and O–H groups in total. The van der Waals surface area contributed by atoms with E-state index in [0.717, 1.165) is 62.6 Å². The Bertz CT molecular complexity index is 1170. The summed E-state index contributed by atoms with van der Waals surface area (Å²) in [5.74, 6) is 2.64. The molecule has 1 aliphatic heterocycles. The molecule has 2 atom stereocenters. The van der Waals surface area contributed by atoms with Crippen molar-refractivity contribution in [2.24, 2.45) is 0 Å². The highest BCUT2D eigenvalue weighted by atomic mass is 32.1. The van der Waals surface area contributed by atoms with Crippen LogP contribution in [-0.2, 0) is 17.6 Å². The zero-order valence-electron chi connectivity index (χ0n) is 21.4. The predicted octanol–water partition coefficient (Wildman–Crippen LogP) is 6.32. The van der Waals surface area contributed by atoms with Gasteiger partial charge in [0.15, 0.2) is 0 Å². The van der Waals surface area contributed by atoms with Gasteiger partial charge in [0.25, 0.3) is 0 Å². The molecule has 2 aromatic heterocycles. The number of benzene rings is 1. The van der Waals surface area contributed by atoms with E-state index in [1.54, 1.807) is 0 Å². The summed E-state index contributed by atoms with van der Waals surface area (Å²) in [4.78, 5) is 30.9. The summed E-state index contributed by atoms with van der Waals surface area (Å²) in [5.41, 5.74) is 2.63. The number of carbonyl (C=O) groups excluding carboxylic acids is 1. The van der Waals surface area contributed by atoms with Gasteiger partial charge in [-0.1, -0.05) is 57.5 Å². The van der Waals surface area contributed by atoms with Gasteiger partial charge in [0, 0.05) is 37.0 Å². The Balaban J connectivity index is 1.42. The van der Waals surface area contributed by atoms with Crippen molar-refractivity contribution in [3.8, 4) is 0 Å². The summed E-state index contributed by atoms with van der Waals surface area (Å²) in [7, 11) is 0. The first kappa shape index (κ1) is 24.2. The number of rotatable bonds is 6. The van der Waals surface area contributed by atoms with E-state index in [9.17, 15) is 4.79 Å². The highest BCUT2D eigenvalue weighted by Gasteiger charge is 2.30. The Hall–Kier alpha value is -2.47. The van der Waals surface area contributed by atoms with Gasteiger partial charge >= 0.3 is 0 Å². The quantitative estimate of drug-likeness (QED) is 0.380. The van der Waals surface area contributed by atoms with Gasteiger partial charge in [0.05, 0.1) is 11.3 Å². The van der Waals surface area contributed by atoms with Crippen LogP contribution in [0.1, 0.15) is 86.5 Å². The van der Waals surface area contributed by atoms with Crippen molar-refractivity contribution in [1.29, 1.82) is 0 Å². The van der Waals surface area contributed by atoms with Gasteiger partial charge in [0.2, 0.25) is 5.91 Å². The van der Waals surface area contributed by atoms with Crippen LogP contribution < -0.4 is 4.90 Å². The molecule has 3 aromatic rings. The number of fused-ring (bicyclic) bond motifs is 3. The summed E-state index contributed by atoms with van der Waals surface area (Å²) in [5, 5.41) is 1.30. The van der Waals surface area contributed by atoms with Crippen LogP contribution in [-0.4, -0.2) is 47.0 Å². The smallest absolute Gasteiger partial charge is 0.230 e. The fraction of sp³-hybridized carbons (Fsp3) is 0.552. The third-order valence-corrected chi connectivity index (χ3v) is 9.10. The maximum Gasteiger partial charge on any atom is 0.230 e. The maximum atomic E-state index is 13.4. The Morgan fingerprint density at radius 1 is 0.971 bits per heavy atom. The van der Waals surface area contributed by atoms with Crippen LogP contribution in [0.2, 0.25) is 0 Å². The van der Waals surface area contributed by atoms with E-state index in [1.165, 1.54) is 46.3 Å². The van der Waals surface area contributed by atoms with Gasteiger partial charge in [-0.05, 0) is 49.7 Å². The molecule has 35 heavy (non-hydrogen) atoms. The number of nitrogens with zero attached hydrogens (tertiary/aromatic N) is 4. The highest BCUT2D eigenvalue weighted by Crippen LogP contribution is 2.40. The number of hydrogen-bond donors (Lipinski definition) is 0. The lowest BCUT2D eigenvalue weighted by atomic mass is 9.95. The minimum absolute atomic E-state index is 0.0573. The number of hydrogen-bond acceptors (Lipinski definition) is 5. The second kappa shape index (κ2) is 10.7. The molecule has 0 spiro atoms. The minimum atomic E-state index is -0.0573. The van der Waals surface area contributed by atoms with E-state index < -0.39 is 0 Å². The molecule has 1 aromatic carbocycles. The first-order valence-electron chi connectivity index (χ1n) is 13.5. The molecule has 1 amide bonds. The van der Waals surface area contributed by atoms with Gasteiger partial charge in [-0.25, -0.2) is 9.97 Å². The van der Waals surface area contributed by atoms with E-state index in [1.807, 2.05) is 29.5 Å². The molecule has 1 saturated heterocycles. The number of aryl methyl sites for hydroxylation is 2. The molecule has 6 heteroatoms. The summed E-state index contributed by atoms with van der Waals surface area (Å²) < 4.78 is 0. The SMILES string of the molecule is CC[C@H](C(=O)N1CCN(c2nc([C@@H](C)CC)nc3sc4c(c23)CCCCC4)CC1)c1ccccc1. The van der Waals surface area contributed by atoms with E-state index >= 15 is 0 Å². The lowest BCUT2D eigenvalue weighted by Crippen LogP contribution is -2.50. The number of anilines is 1. The molecule has 1 aliphatic carbocycles. The zero-order valence-corrected chi connectivity index (χ0v) is 22.2. The van der Waals surface area contributed by atoms with Crippen LogP contribution in [0.25, 0.3) is 10.2 Å². The lowest BCUT2D eigenvalue weighted by Gasteiger charge is -2.37. The molecule has 1 fully saturated rings. The highest BCUT2D eigenvalue weighted by molar-refractivity contribution is 7.19. The molecule has 5 nitrogen and oxygen atoms in total. The summed E-state index contributed by atoms with van der Waals surface area (Å²) in [6.07, 6.45) is 8.03. The van der Waals surface area contributed by atoms with Crippen molar-refractivity contribution in [2.45, 2.75) is 77.6 Å². The topological polar surface area (TPSA) is 49.3 Å². The van der Waals surface area contributed by atoms with Crippen LogP contribution in [0.3, 0.4) is 0 Å². The first-order chi connectivity index (χ1) is 17.1. The molecule has 5 rings (SSSR count). The van der Waals surface area contributed by atoms with Crippen molar-refractivity contribution >= 4 is 33.3 Å². The summed E-state index contributed by atoms with van der Waals surface area (Å²) >= 11 is 1.90. The van der Waals surface area contributed by atoms with Crippen molar-refractivity contribution in [3.05, 3.63) is 52.2 Å². The molecule has 0 bridgehead atoms. The van der Waals surface area contributed by atoms with E-state index in [-0.39, 0.29) is 11.8 Å². The van der Waals surface area contributed by atoms with Gasteiger partial charge in [-0.2, -0.15) is 0 Å². The number of piperazine rings is 1. The third-order valence-electron chi connectivity index (χ3n) is 7.92. The van der Waals surface area contributed by atoms with Crippen LogP contribution in [0, 0.1) is 0 Å². The standard InChI is InChI=1S/C29H38N4OS/c1-4-20(3)26-30-27(25-23-14-10-7-11-15-24(23)35-28(25)31-26)32-16-18-33(19-17-32)29(34)22(5-2)21-12-8-6-9-13-21/h6,8-9,12-13,20,22H,4-5,7,10-11,14-19H2,1-3H3/t20-,22-/m0/s1. The molecule has 3 heterocycles. The molecular formula is C29H38N4OS. The third kappa shape index (κ3) is 4.82. The fourth-order valence-corrected chi connectivity index (χ4v) is 6.82. The second-order valence-corrected chi connectivity index (χ2v) is 11.2. The number of aromatic nitrogens is 2.